The van der Waals surface area contributed by atoms with Crippen molar-refractivity contribution in [3.8, 4) is 5.69 Å². The van der Waals surface area contributed by atoms with E-state index in [1.807, 2.05) is 12.1 Å². The van der Waals surface area contributed by atoms with Crippen molar-refractivity contribution in [1.82, 2.24) is 24.6 Å². The van der Waals surface area contributed by atoms with E-state index in [9.17, 15) is 9.59 Å². The zero-order chi connectivity index (χ0) is 19.0. The molecule has 0 aliphatic carbocycles. The van der Waals surface area contributed by atoms with Crippen LogP contribution in [0.4, 0.5) is 0 Å². The number of aromatic nitrogens is 4. The van der Waals surface area contributed by atoms with Crippen molar-refractivity contribution in [3.05, 3.63) is 58.5 Å². The number of carbonyl (C=O) groups is 1. The smallest absolute Gasteiger partial charge is 0.265 e. The van der Waals surface area contributed by atoms with Gasteiger partial charge >= 0.3 is 0 Å². The Bertz CT molecular complexity index is 1090. The van der Waals surface area contributed by atoms with Gasteiger partial charge in [-0.2, -0.15) is 5.10 Å². The lowest BCUT2D eigenvalue weighted by Gasteiger charge is -2.13. The van der Waals surface area contributed by atoms with Crippen molar-refractivity contribution in [2.75, 3.05) is 12.3 Å². The van der Waals surface area contributed by atoms with Gasteiger partial charge in [-0.15, -0.1) is 6.58 Å². The molecule has 0 spiro atoms. The first-order valence-electron chi connectivity index (χ1n) is 8.35. The molecule has 0 saturated heterocycles. The summed E-state index contributed by atoms with van der Waals surface area (Å²) in [5.41, 5.74) is 1.09. The second kappa shape index (κ2) is 7.21. The maximum Gasteiger partial charge on any atom is 0.265 e. The minimum absolute atomic E-state index is 0.114. The van der Waals surface area contributed by atoms with Crippen LogP contribution in [0.1, 0.15) is 12.5 Å². The number of hydrogen-bond donors (Lipinski definition) is 1. The highest BCUT2D eigenvalue weighted by Crippen LogP contribution is 2.33. The Kier molecular flexibility index (Phi) is 4.75. The molecule has 3 aromatic rings. The molecule has 1 N–H and O–H groups in total. The van der Waals surface area contributed by atoms with Crippen LogP contribution < -0.4 is 10.9 Å². The predicted octanol–water partition coefficient (Wildman–Crippen LogP) is 2.57. The first-order chi connectivity index (χ1) is 13.1. The second-order valence-corrected chi connectivity index (χ2v) is 7.52. The van der Waals surface area contributed by atoms with E-state index in [0.717, 1.165) is 5.69 Å². The third-order valence-electron chi connectivity index (χ3n) is 4.31. The number of benzene rings is 1. The fraction of sp³-hybridized carbons (Fsp3) is 0.222. The number of amides is 1. The molecule has 4 rings (SSSR count). The van der Waals surface area contributed by atoms with Gasteiger partial charge in [0.15, 0.2) is 10.8 Å². The molecule has 0 bridgehead atoms. The molecule has 1 amide bonds. The molecule has 1 aliphatic heterocycles. The van der Waals surface area contributed by atoms with Gasteiger partial charge in [-0.05, 0) is 24.3 Å². The number of halogens is 1. The largest absolute Gasteiger partial charge is 0.353 e. The van der Waals surface area contributed by atoms with E-state index < -0.39 is 0 Å². The maximum absolute atomic E-state index is 13.0. The van der Waals surface area contributed by atoms with E-state index in [0.29, 0.717) is 33.5 Å². The maximum atomic E-state index is 13.0. The highest BCUT2D eigenvalue weighted by molar-refractivity contribution is 7.99. The fourth-order valence-corrected chi connectivity index (χ4v) is 4.28. The van der Waals surface area contributed by atoms with E-state index in [1.54, 1.807) is 27.5 Å². The van der Waals surface area contributed by atoms with Gasteiger partial charge in [-0.3, -0.25) is 14.2 Å². The van der Waals surface area contributed by atoms with E-state index in [-0.39, 0.29) is 23.9 Å². The van der Waals surface area contributed by atoms with E-state index in [1.165, 1.54) is 18.0 Å². The van der Waals surface area contributed by atoms with Crippen molar-refractivity contribution >= 4 is 40.3 Å². The zero-order valence-corrected chi connectivity index (χ0v) is 15.8. The fourth-order valence-electron chi connectivity index (χ4n) is 3.02. The van der Waals surface area contributed by atoms with Crippen LogP contribution in [0.5, 0.6) is 0 Å². The van der Waals surface area contributed by atoms with Crippen molar-refractivity contribution in [2.45, 2.75) is 17.6 Å². The third-order valence-corrected chi connectivity index (χ3v) is 5.66. The van der Waals surface area contributed by atoms with Crippen LogP contribution in [-0.2, 0) is 4.79 Å². The molecule has 2 aromatic heterocycles. The average Bonchev–Trinajstić information content (AvgIpc) is 3.26. The van der Waals surface area contributed by atoms with Gasteiger partial charge in [0.1, 0.15) is 5.39 Å². The van der Waals surface area contributed by atoms with Crippen LogP contribution in [0.25, 0.3) is 16.7 Å². The first kappa shape index (κ1) is 17.8. The Labute approximate surface area is 164 Å². The molecule has 9 heteroatoms. The van der Waals surface area contributed by atoms with Gasteiger partial charge < -0.3 is 5.32 Å². The number of thioether (sulfide) groups is 1. The minimum atomic E-state index is -0.224. The quantitative estimate of drug-likeness (QED) is 0.525. The summed E-state index contributed by atoms with van der Waals surface area (Å²) in [6.07, 6.45) is 3.37. The summed E-state index contributed by atoms with van der Waals surface area (Å²) < 4.78 is 3.23. The lowest BCUT2D eigenvalue weighted by atomic mass is 10.2. The van der Waals surface area contributed by atoms with Gasteiger partial charge in [-0.1, -0.05) is 29.4 Å². The number of rotatable bonds is 5. The molecule has 27 heavy (non-hydrogen) atoms. The third kappa shape index (κ3) is 3.26. The molecule has 3 heterocycles. The van der Waals surface area contributed by atoms with Crippen LogP contribution in [-0.4, -0.2) is 37.5 Å². The Morgan fingerprint density at radius 1 is 1.41 bits per heavy atom. The van der Waals surface area contributed by atoms with E-state index in [2.05, 4.69) is 22.0 Å². The van der Waals surface area contributed by atoms with Gasteiger partial charge in [0.05, 0.1) is 17.9 Å². The van der Waals surface area contributed by atoms with Crippen molar-refractivity contribution in [3.63, 3.8) is 0 Å². The number of nitrogens with one attached hydrogen (secondary N) is 1. The van der Waals surface area contributed by atoms with Crippen LogP contribution in [0.2, 0.25) is 5.02 Å². The SMILES string of the molecule is C=CCNC(=O)CC1CSc2nc3c(cnn3-c3ccc(Cl)cc3)c(=O)n21. The standard InChI is InChI=1S/C18H16ClN5O2S/c1-2-7-20-15(25)8-13-10-27-18-22-16-14(17(26)23(13)18)9-21-24(16)12-5-3-11(19)4-6-12/h2-6,9,13H,1,7-8,10H2,(H,20,25). The van der Waals surface area contributed by atoms with Crippen LogP contribution in [0.15, 0.2) is 53.1 Å². The highest BCUT2D eigenvalue weighted by atomic mass is 35.5. The first-order valence-corrected chi connectivity index (χ1v) is 9.71. The average molecular weight is 402 g/mol. The number of hydrogen-bond acceptors (Lipinski definition) is 5. The summed E-state index contributed by atoms with van der Waals surface area (Å²) in [5.74, 6) is 0.516. The summed E-state index contributed by atoms with van der Waals surface area (Å²) >= 11 is 7.41. The Hall–Kier alpha value is -2.58. The topological polar surface area (TPSA) is 81.8 Å². The normalized spacial score (nSPS) is 15.7. The van der Waals surface area contributed by atoms with Gasteiger partial charge in [0.2, 0.25) is 5.91 Å². The Morgan fingerprint density at radius 2 is 2.19 bits per heavy atom. The predicted molar refractivity (Wildman–Crippen MR) is 106 cm³/mol. The number of nitrogens with zero attached hydrogens (tertiary/aromatic N) is 4. The van der Waals surface area contributed by atoms with E-state index in [4.69, 9.17) is 11.6 Å². The van der Waals surface area contributed by atoms with Gasteiger partial charge in [0.25, 0.3) is 5.56 Å². The molecular formula is C18H16ClN5O2S. The van der Waals surface area contributed by atoms with Crippen LogP contribution in [0.3, 0.4) is 0 Å². The second-order valence-electron chi connectivity index (χ2n) is 6.10. The van der Waals surface area contributed by atoms with Crippen molar-refractivity contribution in [2.24, 2.45) is 0 Å². The molecule has 7 nitrogen and oxygen atoms in total. The Morgan fingerprint density at radius 3 is 2.93 bits per heavy atom. The summed E-state index contributed by atoms with van der Waals surface area (Å²) in [6, 6.07) is 6.94. The lowest BCUT2D eigenvalue weighted by molar-refractivity contribution is -0.121. The lowest BCUT2D eigenvalue weighted by Crippen LogP contribution is -2.30. The summed E-state index contributed by atoms with van der Waals surface area (Å²) in [5, 5.41) is 8.72. The molecule has 138 valence electrons. The molecule has 0 radical (unpaired) electrons. The Balaban J connectivity index is 1.72. The monoisotopic (exact) mass is 401 g/mol. The van der Waals surface area contributed by atoms with Crippen molar-refractivity contribution < 1.29 is 4.79 Å². The molecule has 1 aliphatic rings. The summed E-state index contributed by atoms with van der Waals surface area (Å²) in [7, 11) is 0. The molecule has 0 saturated carbocycles. The number of carbonyl (C=O) groups excluding carboxylic acids is 1. The van der Waals surface area contributed by atoms with E-state index >= 15 is 0 Å². The minimum Gasteiger partial charge on any atom is -0.353 e. The molecular weight excluding hydrogens is 386 g/mol. The highest BCUT2D eigenvalue weighted by Gasteiger charge is 2.29. The number of fused-ring (bicyclic) bond motifs is 2. The molecule has 1 unspecified atom stereocenters. The molecule has 1 aromatic carbocycles. The summed E-state index contributed by atoms with van der Waals surface area (Å²) in [6.45, 7) is 3.99. The molecule has 1 atom stereocenters. The summed E-state index contributed by atoms with van der Waals surface area (Å²) in [4.78, 5) is 29.7. The van der Waals surface area contributed by atoms with Crippen LogP contribution in [0, 0.1) is 0 Å². The molecule has 0 fully saturated rings. The zero-order valence-electron chi connectivity index (χ0n) is 14.3. The van der Waals surface area contributed by atoms with Crippen molar-refractivity contribution in [1.29, 1.82) is 0 Å². The van der Waals surface area contributed by atoms with Gasteiger partial charge in [-0.25, -0.2) is 9.67 Å². The van der Waals surface area contributed by atoms with Crippen LogP contribution >= 0.6 is 23.4 Å². The van der Waals surface area contributed by atoms with Gasteiger partial charge in [0, 0.05) is 23.7 Å².